The molecule has 2 nitrogen and oxygen atoms in total. The number of hydrogen-bond donors (Lipinski definition) is 1. The topological polar surface area (TPSA) is 29.3 Å². The Hall–Kier alpha value is -0.340. The van der Waals surface area contributed by atoms with E-state index < -0.39 is 0 Å². The molecule has 0 fully saturated rings. The molecule has 1 rings (SSSR count). The van der Waals surface area contributed by atoms with Crippen molar-refractivity contribution >= 4 is 0 Å². The second-order valence-corrected chi connectivity index (χ2v) is 4.28. The minimum atomic E-state index is 0.162. The highest BCUT2D eigenvalue weighted by molar-refractivity contribution is 5.07. The summed E-state index contributed by atoms with van der Waals surface area (Å²) < 4.78 is 0. The summed E-state index contributed by atoms with van der Waals surface area (Å²) >= 11 is 0. The predicted octanol–water partition coefficient (Wildman–Crippen LogP) is 1.38. The maximum Gasteiger partial charge on any atom is 0.0278 e. The van der Waals surface area contributed by atoms with Gasteiger partial charge in [0.25, 0.3) is 0 Å². The van der Waals surface area contributed by atoms with Gasteiger partial charge in [0.1, 0.15) is 0 Å². The van der Waals surface area contributed by atoms with Crippen LogP contribution >= 0.6 is 0 Å². The van der Waals surface area contributed by atoms with E-state index in [2.05, 4.69) is 31.7 Å². The Labute approximate surface area is 75.4 Å². The highest BCUT2D eigenvalue weighted by Crippen LogP contribution is 2.18. The SMILES string of the molecule is CC1=CCCN(C(C)(C)CN)C1. The molecular formula is C10H20N2. The van der Waals surface area contributed by atoms with E-state index in [0.717, 1.165) is 19.6 Å². The van der Waals surface area contributed by atoms with E-state index in [0.29, 0.717) is 0 Å². The maximum atomic E-state index is 5.72. The number of hydrogen-bond acceptors (Lipinski definition) is 2. The maximum absolute atomic E-state index is 5.72. The van der Waals surface area contributed by atoms with E-state index in [1.807, 2.05) is 0 Å². The highest BCUT2D eigenvalue weighted by atomic mass is 15.2. The summed E-state index contributed by atoms with van der Waals surface area (Å²) in [5.41, 5.74) is 7.36. The molecule has 0 radical (unpaired) electrons. The molecule has 0 saturated carbocycles. The molecule has 0 saturated heterocycles. The summed E-state index contributed by atoms with van der Waals surface area (Å²) in [5.74, 6) is 0. The van der Waals surface area contributed by atoms with Crippen molar-refractivity contribution in [1.82, 2.24) is 4.90 Å². The number of nitrogens with two attached hydrogens (primary N) is 1. The van der Waals surface area contributed by atoms with Crippen molar-refractivity contribution in [2.75, 3.05) is 19.6 Å². The molecule has 1 heterocycles. The Kier molecular flexibility index (Phi) is 2.91. The third-order valence-electron chi connectivity index (χ3n) is 2.69. The van der Waals surface area contributed by atoms with Gasteiger partial charge >= 0.3 is 0 Å². The lowest BCUT2D eigenvalue weighted by molar-refractivity contribution is 0.136. The lowest BCUT2D eigenvalue weighted by Gasteiger charge is -2.39. The summed E-state index contributed by atoms with van der Waals surface area (Å²) in [5, 5.41) is 0. The van der Waals surface area contributed by atoms with Gasteiger partial charge in [-0.15, -0.1) is 0 Å². The van der Waals surface area contributed by atoms with Crippen LogP contribution in [-0.2, 0) is 0 Å². The van der Waals surface area contributed by atoms with E-state index in [9.17, 15) is 0 Å². The molecule has 0 aromatic heterocycles. The molecule has 1 aliphatic heterocycles. The average Bonchev–Trinajstić information content (AvgIpc) is 2.05. The van der Waals surface area contributed by atoms with Crippen molar-refractivity contribution in [1.29, 1.82) is 0 Å². The fourth-order valence-electron chi connectivity index (χ4n) is 1.56. The van der Waals surface area contributed by atoms with Crippen LogP contribution < -0.4 is 5.73 Å². The molecule has 2 N–H and O–H groups in total. The summed E-state index contributed by atoms with van der Waals surface area (Å²) in [4.78, 5) is 2.46. The Bertz CT molecular complexity index is 182. The fraction of sp³-hybridized carbons (Fsp3) is 0.800. The Morgan fingerprint density at radius 3 is 2.75 bits per heavy atom. The van der Waals surface area contributed by atoms with Gasteiger partial charge in [0.05, 0.1) is 0 Å². The standard InChI is InChI=1S/C10H20N2/c1-9-5-4-6-12(7-9)10(2,3)8-11/h5H,4,6-8,11H2,1-3H3. The zero-order valence-electron chi connectivity index (χ0n) is 8.43. The summed E-state index contributed by atoms with van der Waals surface area (Å²) in [6.07, 6.45) is 3.50. The van der Waals surface area contributed by atoms with Crippen molar-refractivity contribution in [2.24, 2.45) is 5.73 Å². The monoisotopic (exact) mass is 168 g/mol. The predicted molar refractivity (Wildman–Crippen MR) is 53.1 cm³/mol. The van der Waals surface area contributed by atoms with Crippen molar-refractivity contribution < 1.29 is 0 Å². The van der Waals surface area contributed by atoms with Gasteiger partial charge in [0.15, 0.2) is 0 Å². The van der Waals surface area contributed by atoms with Gasteiger partial charge in [-0.1, -0.05) is 11.6 Å². The van der Waals surface area contributed by atoms with Crippen molar-refractivity contribution in [3.05, 3.63) is 11.6 Å². The normalized spacial score (nSPS) is 20.8. The van der Waals surface area contributed by atoms with Crippen LogP contribution in [-0.4, -0.2) is 30.1 Å². The van der Waals surface area contributed by atoms with Gasteiger partial charge in [0.2, 0.25) is 0 Å². The van der Waals surface area contributed by atoms with Gasteiger partial charge in [-0.05, 0) is 27.2 Å². The molecule has 1 aliphatic rings. The van der Waals surface area contributed by atoms with Gasteiger partial charge in [0, 0.05) is 25.2 Å². The molecule has 0 unspecified atom stereocenters. The molecule has 0 atom stereocenters. The first-order valence-electron chi connectivity index (χ1n) is 4.67. The molecule has 0 amide bonds. The van der Waals surface area contributed by atoms with Crippen LogP contribution in [0.15, 0.2) is 11.6 Å². The van der Waals surface area contributed by atoms with Crippen molar-refractivity contribution in [2.45, 2.75) is 32.7 Å². The van der Waals surface area contributed by atoms with Gasteiger partial charge in [-0.25, -0.2) is 0 Å². The number of nitrogens with zero attached hydrogens (tertiary/aromatic N) is 1. The second kappa shape index (κ2) is 3.58. The van der Waals surface area contributed by atoms with Crippen LogP contribution in [0, 0.1) is 0 Å². The average molecular weight is 168 g/mol. The van der Waals surface area contributed by atoms with E-state index in [1.165, 1.54) is 12.0 Å². The smallest absolute Gasteiger partial charge is 0.0278 e. The van der Waals surface area contributed by atoms with E-state index in [1.54, 1.807) is 0 Å². The molecule has 0 aliphatic carbocycles. The summed E-state index contributed by atoms with van der Waals surface area (Å²) in [6, 6.07) is 0. The molecule has 0 aromatic carbocycles. The molecule has 0 spiro atoms. The number of rotatable bonds is 2. The van der Waals surface area contributed by atoms with E-state index in [-0.39, 0.29) is 5.54 Å². The fourth-order valence-corrected chi connectivity index (χ4v) is 1.56. The third kappa shape index (κ3) is 2.08. The Morgan fingerprint density at radius 2 is 2.25 bits per heavy atom. The Balaban J connectivity index is 2.60. The quantitative estimate of drug-likeness (QED) is 0.631. The van der Waals surface area contributed by atoms with Crippen LogP contribution in [0.3, 0.4) is 0 Å². The van der Waals surface area contributed by atoms with Crippen LogP contribution in [0.4, 0.5) is 0 Å². The van der Waals surface area contributed by atoms with Gasteiger partial charge in [-0.3, -0.25) is 4.90 Å². The van der Waals surface area contributed by atoms with Crippen LogP contribution in [0.5, 0.6) is 0 Å². The Morgan fingerprint density at radius 1 is 1.58 bits per heavy atom. The van der Waals surface area contributed by atoms with E-state index >= 15 is 0 Å². The summed E-state index contributed by atoms with van der Waals surface area (Å²) in [6.45, 7) is 9.60. The first-order valence-corrected chi connectivity index (χ1v) is 4.67. The lowest BCUT2D eigenvalue weighted by Crippen LogP contribution is -2.51. The molecule has 2 heteroatoms. The molecule has 0 aromatic rings. The zero-order valence-corrected chi connectivity index (χ0v) is 8.43. The van der Waals surface area contributed by atoms with Crippen LogP contribution in [0.25, 0.3) is 0 Å². The van der Waals surface area contributed by atoms with Gasteiger partial charge < -0.3 is 5.73 Å². The summed E-state index contributed by atoms with van der Waals surface area (Å²) in [7, 11) is 0. The van der Waals surface area contributed by atoms with Crippen LogP contribution in [0.1, 0.15) is 27.2 Å². The molecule has 0 bridgehead atoms. The lowest BCUT2D eigenvalue weighted by atomic mass is 9.99. The zero-order chi connectivity index (χ0) is 9.19. The molecular weight excluding hydrogens is 148 g/mol. The van der Waals surface area contributed by atoms with Crippen molar-refractivity contribution in [3.63, 3.8) is 0 Å². The molecule has 70 valence electrons. The minimum absolute atomic E-state index is 0.162. The largest absolute Gasteiger partial charge is 0.329 e. The highest BCUT2D eigenvalue weighted by Gasteiger charge is 2.25. The van der Waals surface area contributed by atoms with Crippen LogP contribution in [0.2, 0.25) is 0 Å². The first-order chi connectivity index (χ1) is 5.56. The molecule has 12 heavy (non-hydrogen) atoms. The van der Waals surface area contributed by atoms with Crippen molar-refractivity contribution in [3.8, 4) is 0 Å². The van der Waals surface area contributed by atoms with E-state index in [4.69, 9.17) is 5.73 Å². The third-order valence-corrected chi connectivity index (χ3v) is 2.69. The first kappa shape index (κ1) is 9.75. The van der Waals surface area contributed by atoms with Gasteiger partial charge in [-0.2, -0.15) is 0 Å². The second-order valence-electron chi connectivity index (χ2n) is 4.28. The minimum Gasteiger partial charge on any atom is -0.329 e.